The fourth-order valence-electron chi connectivity index (χ4n) is 10.6. The fourth-order valence-corrected chi connectivity index (χ4v) is 10.6. The molecular formula is C56H86FN9O7S4. The van der Waals surface area contributed by atoms with Gasteiger partial charge >= 0.3 is 5.97 Å². The number of hydrazine groups is 1. The minimum atomic E-state index is -2.33. The van der Waals surface area contributed by atoms with Crippen molar-refractivity contribution in [3.05, 3.63) is 59.4 Å². The molecule has 4 aliphatic heterocycles. The number of pyridine rings is 1. The number of aryl methyl sites for hydroxylation is 1. The number of aromatic nitrogens is 2. The number of carbonyl (C=O) groups is 5. The number of hydrogen-bond acceptors (Lipinski definition) is 11. The number of nitrogens with one attached hydrogen (secondary N) is 2. The van der Waals surface area contributed by atoms with E-state index in [0.717, 1.165) is 49.5 Å². The van der Waals surface area contributed by atoms with Crippen LogP contribution >= 0.6 is 54.0 Å². The van der Waals surface area contributed by atoms with E-state index < -0.39 is 70.3 Å². The molecule has 428 valence electrons. The van der Waals surface area contributed by atoms with Gasteiger partial charge in [0.1, 0.15) is 18.1 Å². The molecule has 3 aromatic rings. The molecule has 2 N–H and O–H groups in total. The van der Waals surface area contributed by atoms with E-state index in [1.807, 2.05) is 45.8 Å². The summed E-state index contributed by atoms with van der Waals surface area (Å²) in [5.74, 6) is 2.40. The summed E-state index contributed by atoms with van der Waals surface area (Å²) in [6, 6.07) is 7.56. The normalized spacial score (nSPS) is 21.2. The van der Waals surface area contributed by atoms with Crippen molar-refractivity contribution in [3.63, 3.8) is 0 Å². The number of likely N-dealkylation sites (tertiary alicyclic amines) is 1. The first-order chi connectivity index (χ1) is 34.5. The predicted octanol–water partition coefficient (Wildman–Crippen LogP) is 6.23. The summed E-state index contributed by atoms with van der Waals surface area (Å²) in [6.45, 7) is 18.0. The molecule has 7 rings (SSSR count). The molecule has 2 fully saturated rings. The number of nitrogens with zero attached hydrogens (tertiary/aromatic N) is 7. The van der Waals surface area contributed by atoms with Crippen molar-refractivity contribution in [1.82, 2.24) is 44.9 Å². The molecule has 77 heavy (non-hydrogen) atoms. The van der Waals surface area contributed by atoms with Gasteiger partial charge in [0.25, 0.3) is 17.7 Å². The smallest absolute Gasteiger partial charge is 0.324 e. The molecule has 6 heterocycles. The first kappa shape index (κ1) is 67.0. The number of likely N-dealkylation sites (N-methyl/N-ethyl adjacent to an activating group) is 1. The second-order valence-electron chi connectivity index (χ2n) is 22.3. The Labute approximate surface area is 484 Å². The molecule has 16 nitrogen and oxygen atoms in total. The maximum atomic E-state index is 16.8. The Morgan fingerprint density at radius 3 is 2.35 bits per heavy atom. The molecule has 6 bridgehead atoms. The number of halogens is 1. The molecule has 5 atom stereocenters. The number of alkyl halides is 1. The number of methoxy groups -OCH3 is 1. The van der Waals surface area contributed by atoms with Gasteiger partial charge in [0.15, 0.2) is 5.67 Å². The van der Waals surface area contributed by atoms with Crippen LogP contribution in [0.25, 0.3) is 27.7 Å². The first-order valence-corrected chi connectivity index (χ1v) is 26.0. The average Bonchev–Trinajstić information content (AvgIpc) is 3.67. The lowest BCUT2D eigenvalue weighted by Gasteiger charge is -2.40. The van der Waals surface area contributed by atoms with Gasteiger partial charge < -0.3 is 29.2 Å². The van der Waals surface area contributed by atoms with Gasteiger partial charge in [-0.1, -0.05) is 45.8 Å². The number of esters is 1. The lowest BCUT2D eigenvalue weighted by molar-refractivity contribution is -0.156. The Morgan fingerprint density at radius 2 is 1.71 bits per heavy atom. The van der Waals surface area contributed by atoms with E-state index in [-0.39, 0.29) is 99.2 Å². The average molecular weight is 1140 g/mol. The number of benzene rings is 1. The van der Waals surface area contributed by atoms with Gasteiger partial charge in [-0.3, -0.25) is 43.8 Å². The molecule has 4 aliphatic rings. The Kier molecular flexibility index (Phi) is 24.1. The Morgan fingerprint density at radius 1 is 1.03 bits per heavy atom. The van der Waals surface area contributed by atoms with Crippen molar-refractivity contribution in [2.45, 2.75) is 136 Å². The van der Waals surface area contributed by atoms with E-state index in [4.69, 9.17) is 14.5 Å². The number of piperidine rings is 1. The topological polar surface area (TPSA) is 162 Å². The zero-order chi connectivity index (χ0) is 53.2. The summed E-state index contributed by atoms with van der Waals surface area (Å²) >= 11 is 0. The van der Waals surface area contributed by atoms with Crippen LogP contribution in [-0.4, -0.2) is 167 Å². The molecule has 0 radical (unpaired) electrons. The zero-order valence-electron chi connectivity index (χ0n) is 47.2. The van der Waals surface area contributed by atoms with Gasteiger partial charge in [-0.15, -0.1) is 0 Å². The van der Waals surface area contributed by atoms with E-state index in [0.29, 0.717) is 51.9 Å². The van der Waals surface area contributed by atoms with Crippen molar-refractivity contribution in [2.24, 2.45) is 11.3 Å². The number of carbonyl (C=O) groups excluding carboxylic acids is 5. The van der Waals surface area contributed by atoms with Gasteiger partial charge in [-0.2, -0.15) is 54.0 Å². The molecule has 4 amide bonds. The third kappa shape index (κ3) is 15.0. The van der Waals surface area contributed by atoms with Crippen LogP contribution in [0.3, 0.4) is 0 Å². The van der Waals surface area contributed by atoms with Crippen LogP contribution in [0.15, 0.2) is 42.6 Å². The lowest BCUT2D eigenvalue weighted by Crippen LogP contribution is -2.64. The third-order valence-corrected chi connectivity index (χ3v) is 15.4. The fraction of sp³-hybridized carbons (Fsp3) is 0.607. The van der Waals surface area contributed by atoms with Crippen LogP contribution in [-0.2, 0) is 46.4 Å². The van der Waals surface area contributed by atoms with Crippen LogP contribution in [0, 0.1) is 23.2 Å². The second-order valence-corrected chi connectivity index (χ2v) is 22.3. The highest BCUT2D eigenvalue weighted by Crippen LogP contribution is 2.42. The van der Waals surface area contributed by atoms with Gasteiger partial charge in [0.05, 0.1) is 29.6 Å². The van der Waals surface area contributed by atoms with Gasteiger partial charge in [-0.05, 0) is 120 Å². The Hall–Kier alpha value is -4.27. The lowest BCUT2D eigenvalue weighted by atomic mass is 9.84. The molecule has 21 heteroatoms. The first-order valence-electron chi connectivity index (χ1n) is 26.0. The van der Waals surface area contributed by atoms with Crippen LogP contribution < -0.4 is 10.7 Å². The van der Waals surface area contributed by atoms with Gasteiger partial charge in [0, 0.05) is 101 Å². The van der Waals surface area contributed by atoms with Crippen LogP contribution in [0.5, 0.6) is 0 Å². The molecule has 1 aromatic carbocycles. The number of ether oxygens (including phenoxy) is 2. The maximum Gasteiger partial charge on any atom is 0.324 e. The number of rotatable bonds is 10. The summed E-state index contributed by atoms with van der Waals surface area (Å²) in [5.41, 5.74) is 6.92. The van der Waals surface area contributed by atoms with Crippen LogP contribution in [0.4, 0.5) is 4.39 Å². The van der Waals surface area contributed by atoms with Gasteiger partial charge in [-0.25, -0.2) is 9.82 Å². The summed E-state index contributed by atoms with van der Waals surface area (Å²) in [4.78, 5) is 82.2. The monoisotopic (exact) mass is 1140 g/mol. The highest BCUT2D eigenvalue weighted by molar-refractivity contribution is 7.59. The van der Waals surface area contributed by atoms with E-state index in [1.54, 1.807) is 27.2 Å². The molecular weight excluding hydrogens is 1060 g/mol. The molecule has 2 aromatic heterocycles. The Balaban J connectivity index is 0.00000390. The molecule has 1 unspecified atom stereocenters. The molecule has 0 spiro atoms. The van der Waals surface area contributed by atoms with Crippen LogP contribution in [0.1, 0.15) is 110 Å². The quantitative estimate of drug-likeness (QED) is 0.175. The van der Waals surface area contributed by atoms with E-state index in [1.165, 1.54) is 17.0 Å². The summed E-state index contributed by atoms with van der Waals surface area (Å²) in [6.07, 6.45) is 5.51. The van der Waals surface area contributed by atoms with E-state index >= 15 is 4.39 Å². The van der Waals surface area contributed by atoms with Crippen molar-refractivity contribution in [1.29, 1.82) is 0 Å². The Bertz CT molecular complexity index is 2680. The maximum absolute atomic E-state index is 16.8. The third-order valence-electron chi connectivity index (χ3n) is 15.4. The predicted molar refractivity (Wildman–Crippen MR) is 322 cm³/mol. The highest BCUT2D eigenvalue weighted by Gasteiger charge is 2.47. The van der Waals surface area contributed by atoms with Crippen molar-refractivity contribution < 1.29 is 37.8 Å². The van der Waals surface area contributed by atoms with Crippen LogP contribution in [0.2, 0.25) is 0 Å². The standard InChI is InChI=1S/C56H78FN9O7.4H2S/c1-13-65-45-21-20-38-31-41(45)42(49(65)40-18-14-26-58-47(40)37(4)72-12)32-54(5,6)35-73-52(70)43-19-16-28-66(60-43)51(69)44(34-63-27-15-17-39(38)33-63)59-50(68)48(36(2)3)62(11)53(71)56(57)24-29-64(30-25-56)46(67)22-23-55(7,8)61(9)10;;;;/h14,17-18,20-21,26,31,36-37,43-44,48,60H,13,15-16,19,24-25,27-30,32-35H2,1-12H3,(H,59,68);4*1H2/t37-,43-,44-,48-;;;;/m0..../s1. The zero-order valence-corrected chi connectivity index (χ0v) is 51.2. The minimum absolute atomic E-state index is 0. The summed E-state index contributed by atoms with van der Waals surface area (Å²) in [5, 5.41) is 5.52. The largest absolute Gasteiger partial charge is 0.464 e. The number of amides is 4. The van der Waals surface area contributed by atoms with E-state index in [9.17, 15) is 24.0 Å². The SMILES string of the molecule is CCn1c(-c2cccnc2[C@H](C)OC)c2c3cc(ccc31)C1=CCCN(C1)C[C@H](NC(=O)[C@H](C(C)C)N(C)C(=O)C1(F)CCN(C(=O)C#CC(C)(C)N(C)C)CC1)C(=O)N1CCC[C@H](N1)C(=O)OCC(C)(C)C2.S.S.S.S. The molecule has 0 aliphatic carbocycles. The number of hydrogen-bond donors (Lipinski definition) is 2. The molecule has 2 saturated heterocycles. The summed E-state index contributed by atoms with van der Waals surface area (Å²) in [7, 11) is 6.85. The van der Waals surface area contributed by atoms with E-state index in [2.05, 4.69) is 83.2 Å². The number of fused-ring (bicyclic) bond motifs is 6. The minimum Gasteiger partial charge on any atom is -0.464 e. The van der Waals surface area contributed by atoms with Crippen molar-refractivity contribution in [3.8, 4) is 23.1 Å². The van der Waals surface area contributed by atoms with Crippen molar-refractivity contribution in [2.75, 3.05) is 74.1 Å². The summed E-state index contributed by atoms with van der Waals surface area (Å²) < 4.78 is 31.1. The molecule has 0 saturated carbocycles. The van der Waals surface area contributed by atoms with Gasteiger partial charge in [0.2, 0.25) is 5.91 Å². The van der Waals surface area contributed by atoms with Crippen molar-refractivity contribution >= 4 is 100 Å². The number of cyclic esters (lactones) is 1. The second kappa shape index (κ2) is 27.7. The highest BCUT2D eigenvalue weighted by atomic mass is 32.1.